The fourth-order valence-electron chi connectivity index (χ4n) is 4.14. The topological polar surface area (TPSA) is 87.3 Å². The van der Waals surface area contributed by atoms with E-state index in [1.165, 1.54) is 5.56 Å². The van der Waals surface area contributed by atoms with E-state index in [0.29, 0.717) is 5.95 Å². The van der Waals surface area contributed by atoms with Crippen LogP contribution in [0.1, 0.15) is 43.9 Å². The molecule has 0 radical (unpaired) electrons. The Morgan fingerprint density at radius 2 is 2.13 bits per heavy atom. The third-order valence-corrected chi connectivity index (χ3v) is 5.26. The minimum absolute atomic E-state index is 0.00255. The Hall–Kier alpha value is -1.40. The highest BCUT2D eigenvalue weighted by Gasteiger charge is 2.35. The number of nitrogens with one attached hydrogen (secondary N) is 1. The lowest BCUT2D eigenvalue weighted by molar-refractivity contribution is 0.0951. The maximum atomic E-state index is 9.98. The minimum Gasteiger partial charge on any atom is -0.396 e. The van der Waals surface area contributed by atoms with E-state index in [1.807, 2.05) is 0 Å². The van der Waals surface area contributed by atoms with Gasteiger partial charge in [-0.3, -0.25) is 0 Å². The first-order chi connectivity index (χ1) is 11.2. The van der Waals surface area contributed by atoms with Gasteiger partial charge in [0.05, 0.1) is 12.3 Å². The van der Waals surface area contributed by atoms with Crippen molar-refractivity contribution in [3.05, 3.63) is 11.3 Å². The zero-order chi connectivity index (χ0) is 16.3. The van der Waals surface area contributed by atoms with Gasteiger partial charge in [-0.05, 0) is 32.2 Å². The molecule has 1 saturated heterocycles. The number of hydrogen-bond donors (Lipinski definition) is 3. The second-order valence-electron chi connectivity index (χ2n) is 7.01. The summed E-state index contributed by atoms with van der Waals surface area (Å²) in [5, 5.41) is 13.4. The molecular formula is C17H29N5O. The number of anilines is 2. The van der Waals surface area contributed by atoms with E-state index in [1.54, 1.807) is 0 Å². The highest BCUT2D eigenvalue weighted by atomic mass is 16.3. The Morgan fingerprint density at radius 1 is 1.30 bits per heavy atom. The van der Waals surface area contributed by atoms with E-state index >= 15 is 0 Å². The smallest absolute Gasteiger partial charge is 0.222 e. The summed E-state index contributed by atoms with van der Waals surface area (Å²) in [6.45, 7) is 6.20. The fourth-order valence-corrected chi connectivity index (χ4v) is 4.14. The highest BCUT2D eigenvalue weighted by molar-refractivity contribution is 5.53. The molecule has 1 atom stereocenters. The second-order valence-corrected chi connectivity index (χ2v) is 7.01. The molecule has 6 nitrogen and oxygen atoms in total. The lowest BCUT2D eigenvalue weighted by Crippen LogP contribution is -2.46. The summed E-state index contributed by atoms with van der Waals surface area (Å²) < 4.78 is 0. The van der Waals surface area contributed by atoms with Crippen molar-refractivity contribution in [2.75, 3.05) is 43.4 Å². The molecule has 1 fully saturated rings. The van der Waals surface area contributed by atoms with E-state index in [4.69, 9.17) is 5.73 Å². The molecule has 3 rings (SSSR count). The maximum absolute atomic E-state index is 9.98. The number of fused-ring (bicyclic) bond motifs is 1. The van der Waals surface area contributed by atoms with Crippen LogP contribution in [0.25, 0.3) is 0 Å². The van der Waals surface area contributed by atoms with Gasteiger partial charge in [0.15, 0.2) is 0 Å². The Balaban J connectivity index is 1.93. The van der Waals surface area contributed by atoms with Crippen LogP contribution >= 0.6 is 0 Å². The number of aromatic nitrogens is 2. The first-order valence-corrected chi connectivity index (χ1v) is 8.89. The molecule has 0 unspecified atom stereocenters. The van der Waals surface area contributed by atoms with Gasteiger partial charge < -0.3 is 21.1 Å². The van der Waals surface area contributed by atoms with Crippen LogP contribution in [-0.2, 0) is 12.8 Å². The first kappa shape index (κ1) is 16.5. The maximum Gasteiger partial charge on any atom is 0.222 e. The van der Waals surface area contributed by atoms with E-state index in [9.17, 15) is 5.11 Å². The number of nitrogens with two attached hydrogens (primary N) is 1. The second kappa shape index (κ2) is 7.01. The van der Waals surface area contributed by atoms with Crippen LogP contribution in [-0.4, -0.2) is 47.9 Å². The van der Waals surface area contributed by atoms with Crippen LogP contribution in [0.15, 0.2) is 0 Å². The molecule has 0 bridgehead atoms. The predicted octanol–water partition coefficient (Wildman–Crippen LogP) is 1.13. The van der Waals surface area contributed by atoms with Gasteiger partial charge in [0, 0.05) is 37.0 Å². The summed E-state index contributed by atoms with van der Waals surface area (Å²) in [7, 11) is 0. The highest BCUT2D eigenvalue weighted by Crippen LogP contribution is 2.37. The minimum atomic E-state index is 0.00255. The third-order valence-electron chi connectivity index (χ3n) is 5.26. The van der Waals surface area contributed by atoms with Crippen LogP contribution in [0, 0.1) is 5.41 Å². The van der Waals surface area contributed by atoms with Gasteiger partial charge in [-0.1, -0.05) is 13.3 Å². The number of aliphatic hydroxyl groups is 1. The molecule has 0 saturated carbocycles. The van der Waals surface area contributed by atoms with Gasteiger partial charge in [0.2, 0.25) is 5.95 Å². The zero-order valence-corrected chi connectivity index (χ0v) is 14.1. The number of nitrogens with zero attached hydrogens (tertiary/aromatic N) is 3. The van der Waals surface area contributed by atoms with Crippen molar-refractivity contribution in [1.29, 1.82) is 0 Å². The number of piperidine rings is 1. The molecule has 128 valence electrons. The summed E-state index contributed by atoms with van der Waals surface area (Å²) >= 11 is 0. The molecule has 3 heterocycles. The third kappa shape index (κ3) is 3.43. The van der Waals surface area contributed by atoms with E-state index in [-0.39, 0.29) is 12.0 Å². The van der Waals surface area contributed by atoms with Gasteiger partial charge in [-0.25, -0.2) is 4.98 Å². The predicted molar refractivity (Wildman–Crippen MR) is 92.6 cm³/mol. The summed E-state index contributed by atoms with van der Waals surface area (Å²) in [6, 6.07) is 0. The van der Waals surface area contributed by atoms with Crippen LogP contribution in [0.3, 0.4) is 0 Å². The van der Waals surface area contributed by atoms with E-state index < -0.39 is 0 Å². The van der Waals surface area contributed by atoms with Gasteiger partial charge in [0.25, 0.3) is 0 Å². The van der Waals surface area contributed by atoms with Crippen LogP contribution < -0.4 is 16.0 Å². The van der Waals surface area contributed by atoms with Gasteiger partial charge in [-0.15, -0.1) is 0 Å². The van der Waals surface area contributed by atoms with Crippen molar-refractivity contribution in [3.8, 4) is 0 Å². The Bertz CT molecular complexity index is 546. The number of nitrogen functional groups attached to an aromatic ring is 1. The van der Waals surface area contributed by atoms with Crippen molar-refractivity contribution in [2.45, 2.75) is 45.4 Å². The Morgan fingerprint density at radius 3 is 2.91 bits per heavy atom. The molecule has 23 heavy (non-hydrogen) atoms. The van der Waals surface area contributed by atoms with Crippen molar-refractivity contribution in [2.24, 2.45) is 5.41 Å². The van der Waals surface area contributed by atoms with Crippen LogP contribution in [0.4, 0.5) is 11.8 Å². The van der Waals surface area contributed by atoms with Gasteiger partial charge in [-0.2, -0.15) is 4.98 Å². The molecule has 6 heteroatoms. The zero-order valence-electron chi connectivity index (χ0n) is 14.1. The largest absolute Gasteiger partial charge is 0.396 e. The lowest BCUT2D eigenvalue weighted by Gasteiger charge is -2.43. The average Bonchev–Trinajstić information content (AvgIpc) is 2.80. The quantitative estimate of drug-likeness (QED) is 0.771. The average molecular weight is 319 g/mol. The standard InChI is InChI=1S/C17H29N5O/c1-2-6-17(12-23)7-3-10-22(11-17)15-13-4-8-19-9-5-14(13)20-16(18)21-15/h19,23H,2-12H2,1H3,(H2,18,20,21)/t17-/m0/s1. The molecule has 0 aromatic carbocycles. The Labute approximate surface area is 138 Å². The van der Waals surface area contributed by atoms with E-state index in [0.717, 1.165) is 76.2 Å². The van der Waals surface area contributed by atoms with Crippen molar-refractivity contribution < 1.29 is 5.11 Å². The molecule has 4 N–H and O–H groups in total. The summed E-state index contributed by atoms with van der Waals surface area (Å²) in [5.74, 6) is 1.38. The van der Waals surface area contributed by atoms with Crippen molar-refractivity contribution in [3.63, 3.8) is 0 Å². The fraction of sp³-hybridized carbons (Fsp3) is 0.765. The Kier molecular flexibility index (Phi) is 5.02. The van der Waals surface area contributed by atoms with Gasteiger partial charge in [0.1, 0.15) is 5.82 Å². The van der Waals surface area contributed by atoms with Crippen molar-refractivity contribution in [1.82, 2.24) is 15.3 Å². The molecule has 2 aliphatic rings. The SMILES string of the molecule is CCC[C@]1(CO)CCCN(c2nc(N)nc3c2CCNCC3)C1. The molecular weight excluding hydrogens is 290 g/mol. The number of rotatable bonds is 4. The molecule has 0 amide bonds. The molecule has 1 aromatic rings. The first-order valence-electron chi connectivity index (χ1n) is 8.89. The number of hydrogen-bond acceptors (Lipinski definition) is 6. The molecule has 1 aromatic heterocycles. The summed E-state index contributed by atoms with van der Waals surface area (Å²) in [6.07, 6.45) is 6.20. The number of aliphatic hydroxyl groups excluding tert-OH is 1. The summed E-state index contributed by atoms with van der Waals surface area (Å²) in [4.78, 5) is 11.4. The normalized spacial score (nSPS) is 25.0. The van der Waals surface area contributed by atoms with Crippen molar-refractivity contribution >= 4 is 11.8 Å². The molecule has 0 spiro atoms. The molecule has 2 aliphatic heterocycles. The lowest BCUT2D eigenvalue weighted by atomic mass is 9.77. The van der Waals surface area contributed by atoms with E-state index in [2.05, 4.69) is 27.1 Å². The summed E-state index contributed by atoms with van der Waals surface area (Å²) in [5.41, 5.74) is 8.32. The van der Waals surface area contributed by atoms with Gasteiger partial charge >= 0.3 is 0 Å². The molecule has 0 aliphatic carbocycles. The van der Waals surface area contributed by atoms with Crippen LogP contribution in [0.5, 0.6) is 0 Å². The monoisotopic (exact) mass is 319 g/mol. The van der Waals surface area contributed by atoms with Crippen LogP contribution in [0.2, 0.25) is 0 Å².